The molecule has 3 aromatic carbocycles. The third kappa shape index (κ3) is 5.21. The molecule has 1 aliphatic heterocycles. The lowest BCUT2D eigenvalue weighted by atomic mass is 9.84. The zero-order chi connectivity index (χ0) is 29.4. The number of ketones is 1. The normalized spacial score (nSPS) is 16.8. The van der Waals surface area contributed by atoms with Gasteiger partial charge in [-0.3, -0.25) is 14.5 Å². The number of methoxy groups -OCH3 is 1. The van der Waals surface area contributed by atoms with Crippen LogP contribution in [-0.4, -0.2) is 49.7 Å². The maximum absolute atomic E-state index is 13.6. The average Bonchev–Trinajstić information content (AvgIpc) is 3.18. The molecule has 1 saturated heterocycles. The fraction of sp³-hybridized carbons (Fsp3) is 0.312. The van der Waals surface area contributed by atoms with Crippen molar-refractivity contribution in [2.24, 2.45) is 0 Å². The van der Waals surface area contributed by atoms with Crippen molar-refractivity contribution in [3.63, 3.8) is 0 Å². The number of benzene rings is 3. The van der Waals surface area contributed by atoms with Crippen LogP contribution in [0.5, 0.6) is 17.2 Å². The molecular weight excluding hydrogens is 508 g/mol. The highest BCUT2D eigenvalue weighted by atomic mass is 16.5. The Bertz CT molecular complexity index is 1470. The third-order valence-electron chi connectivity index (χ3n) is 6.97. The molecule has 1 unspecified atom stereocenters. The van der Waals surface area contributed by atoms with Crippen LogP contribution in [0, 0.1) is 0 Å². The van der Waals surface area contributed by atoms with Crippen molar-refractivity contribution in [1.82, 2.24) is 0 Å². The van der Waals surface area contributed by atoms with E-state index in [-0.39, 0.29) is 28.2 Å². The van der Waals surface area contributed by atoms with E-state index in [1.807, 2.05) is 51.9 Å². The zero-order valence-electron chi connectivity index (χ0n) is 24.0. The summed E-state index contributed by atoms with van der Waals surface area (Å²) in [6, 6.07) is 16.1. The standard InChI is InChI=1S/C32H36N2O6/c1-8-40-26-18-19(9-15-24(26)35)28-27(29(36)20-10-16-25(39-7)23(17-20)32(2,3)4)30(37)31(38)34(28)22-13-11-21(12-14-22)33(5)6/h9-18,28,35-36H,8H2,1-7H3/b29-27+. The summed E-state index contributed by atoms with van der Waals surface area (Å²) < 4.78 is 11.1. The number of anilines is 2. The Balaban J connectivity index is 1.97. The molecule has 0 aromatic heterocycles. The zero-order valence-corrected chi connectivity index (χ0v) is 24.0. The molecule has 1 heterocycles. The number of Topliss-reactive ketones (excluding diaryl/α,β-unsaturated/α-hetero) is 1. The molecule has 0 radical (unpaired) electrons. The van der Waals surface area contributed by atoms with Gasteiger partial charge in [-0.1, -0.05) is 26.8 Å². The minimum atomic E-state index is -0.967. The first-order chi connectivity index (χ1) is 18.9. The molecule has 0 saturated carbocycles. The van der Waals surface area contributed by atoms with Crippen LogP contribution < -0.4 is 19.3 Å². The second-order valence-corrected chi connectivity index (χ2v) is 10.9. The Morgan fingerprint density at radius 2 is 1.65 bits per heavy atom. The quantitative estimate of drug-likeness (QED) is 0.221. The molecule has 0 spiro atoms. The molecule has 4 rings (SSSR count). The molecule has 0 bridgehead atoms. The SMILES string of the molecule is CCOc1cc(C2/C(=C(\O)c3ccc(OC)c(C(C)(C)C)c3)C(=O)C(=O)N2c2ccc(N(C)C)cc2)ccc1O. The van der Waals surface area contributed by atoms with Gasteiger partial charge in [-0.2, -0.15) is 0 Å². The first-order valence-corrected chi connectivity index (χ1v) is 13.1. The van der Waals surface area contributed by atoms with Crippen LogP contribution in [0.2, 0.25) is 0 Å². The van der Waals surface area contributed by atoms with E-state index in [4.69, 9.17) is 9.47 Å². The van der Waals surface area contributed by atoms with Gasteiger partial charge in [0, 0.05) is 36.6 Å². The predicted octanol–water partition coefficient (Wildman–Crippen LogP) is 5.79. The van der Waals surface area contributed by atoms with Crippen molar-refractivity contribution < 1.29 is 29.3 Å². The number of hydrogen-bond acceptors (Lipinski definition) is 7. The van der Waals surface area contributed by atoms with Crippen LogP contribution in [0.3, 0.4) is 0 Å². The molecule has 40 heavy (non-hydrogen) atoms. The van der Waals surface area contributed by atoms with E-state index < -0.39 is 17.7 Å². The Kier molecular flexibility index (Phi) is 7.82. The first-order valence-electron chi connectivity index (χ1n) is 13.1. The molecule has 1 amide bonds. The average molecular weight is 545 g/mol. The van der Waals surface area contributed by atoms with Crippen molar-refractivity contribution in [3.8, 4) is 17.2 Å². The van der Waals surface area contributed by atoms with Gasteiger partial charge in [-0.15, -0.1) is 0 Å². The van der Waals surface area contributed by atoms with Crippen LogP contribution in [0.1, 0.15) is 50.4 Å². The fourth-order valence-corrected chi connectivity index (χ4v) is 4.89. The van der Waals surface area contributed by atoms with E-state index in [0.717, 1.165) is 11.3 Å². The molecule has 1 fully saturated rings. The predicted molar refractivity (Wildman–Crippen MR) is 157 cm³/mol. The fourth-order valence-electron chi connectivity index (χ4n) is 4.89. The van der Waals surface area contributed by atoms with Crippen molar-refractivity contribution in [1.29, 1.82) is 0 Å². The number of carbonyl (C=O) groups excluding carboxylic acids is 2. The molecular formula is C32H36N2O6. The summed E-state index contributed by atoms with van der Waals surface area (Å²) in [5.74, 6) is -1.06. The number of nitrogens with zero attached hydrogens (tertiary/aromatic N) is 2. The molecule has 8 heteroatoms. The van der Waals surface area contributed by atoms with E-state index in [0.29, 0.717) is 29.2 Å². The Morgan fingerprint density at radius 1 is 0.975 bits per heavy atom. The van der Waals surface area contributed by atoms with Crippen LogP contribution in [0.4, 0.5) is 11.4 Å². The molecule has 0 aliphatic carbocycles. The molecule has 3 aromatic rings. The monoisotopic (exact) mass is 544 g/mol. The van der Waals surface area contributed by atoms with E-state index in [1.54, 1.807) is 56.5 Å². The van der Waals surface area contributed by atoms with E-state index in [2.05, 4.69) is 0 Å². The number of aromatic hydroxyl groups is 1. The number of carbonyl (C=O) groups is 2. The van der Waals surface area contributed by atoms with Gasteiger partial charge in [0.15, 0.2) is 11.5 Å². The van der Waals surface area contributed by atoms with Crippen molar-refractivity contribution in [3.05, 3.63) is 82.9 Å². The molecule has 2 N–H and O–H groups in total. The molecule has 1 aliphatic rings. The highest BCUT2D eigenvalue weighted by molar-refractivity contribution is 6.51. The summed E-state index contributed by atoms with van der Waals surface area (Å²) in [6.45, 7) is 8.18. The lowest BCUT2D eigenvalue weighted by molar-refractivity contribution is -0.132. The molecule has 1 atom stereocenters. The highest BCUT2D eigenvalue weighted by Crippen LogP contribution is 2.45. The van der Waals surface area contributed by atoms with Gasteiger partial charge in [-0.25, -0.2) is 0 Å². The first kappa shape index (κ1) is 28.5. The van der Waals surface area contributed by atoms with Gasteiger partial charge in [-0.05, 0) is 72.5 Å². The second kappa shape index (κ2) is 11.0. The molecule has 8 nitrogen and oxygen atoms in total. The Hall–Kier alpha value is -4.46. The molecule has 210 valence electrons. The number of rotatable bonds is 7. The van der Waals surface area contributed by atoms with Crippen LogP contribution >= 0.6 is 0 Å². The lowest BCUT2D eigenvalue weighted by Crippen LogP contribution is -2.29. The number of amides is 1. The van der Waals surface area contributed by atoms with Gasteiger partial charge < -0.3 is 24.6 Å². The summed E-state index contributed by atoms with van der Waals surface area (Å²) in [4.78, 5) is 30.5. The van der Waals surface area contributed by atoms with Gasteiger partial charge in [0.1, 0.15) is 11.5 Å². The van der Waals surface area contributed by atoms with Crippen molar-refractivity contribution >= 4 is 28.8 Å². The smallest absolute Gasteiger partial charge is 0.300 e. The maximum atomic E-state index is 13.6. The number of aliphatic hydroxyl groups excluding tert-OH is 1. The Labute approximate surface area is 235 Å². The summed E-state index contributed by atoms with van der Waals surface area (Å²) in [5.41, 5.74) is 2.78. The van der Waals surface area contributed by atoms with Crippen LogP contribution in [0.25, 0.3) is 5.76 Å². The third-order valence-corrected chi connectivity index (χ3v) is 6.97. The Morgan fingerprint density at radius 3 is 2.23 bits per heavy atom. The number of phenolic OH excluding ortho intramolecular Hbond substituents is 1. The van der Waals surface area contributed by atoms with Crippen LogP contribution in [-0.2, 0) is 15.0 Å². The van der Waals surface area contributed by atoms with Gasteiger partial charge >= 0.3 is 0 Å². The highest BCUT2D eigenvalue weighted by Gasteiger charge is 2.47. The second-order valence-electron chi connectivity index (χ2n) is 10.9. The number of ether oxygens (including phenoxy) is 2. The van der Waals surface area contributed by atoms with Crippen molar-refractivity contribution in [2.75, 3.05) is 37.6 Å². The number of hydrogen-bond donors (Lipinski definition) is 2. The van der Waals surface area contributed by atoms with Gasteiger partial charge in [0.05, 0.1) is 25.3 Å². The van der Waals surface area contributed by atoms with E-state index >= 15 is 0 Å². The lowest BCUT2D eigenvalue weighted by Gasteiger charge is -2.27. The summed E-state index contributed by atoms with van der Waals surface area (Å²) in [7, 11) is 5.40. The summed E-state index contributed by atoms with van der Waals surface area (Å²) in [6.07, 6.45) is 0. The summed E-state index contributed by atoms with van der Waals surface area (Å²) >= 11 is 0. The maximum Gasteiger partial charge on any atom is 0.300 e. The van der Waals surface area contributed by atoms with Gasteiger partial charge in [0.2, 0.25) is 0 Å². The number of phenols is 1. The number of aliphatic hydroxyl groups is 1. The topological polar surface area (TPSA) is 99.5 Å². The minimum absolute atomic E-state index is 0.0557. The van der Waals surface area contributed by atoms with E-state index in [1.165, 1.54) is 11.0 Å². The minimum Gasteiger partial charge on any atom is -0.507 e. The van der Waals surface area contributed by atoms with Crippen LogP contribution in [0.15, 0.2) is 66.2 Å². The summed E-state index contributed by atoms with van der Waals surface area (Å²) in [5, 5.41) is 22.0. The largest absolute Gasteiger partial charge is 0.507 e. The van der Waals surface area contributed by atoms with Gasteiger partial charge in [0.25, 0.3) is 11.7 Å². The van der Waals surface area contributed by atoms with E-state index in [9.17, 15) is 19.8 Å². The van der Waals surface area contributed by atoms with Crippen molar-refractivity contribution in [2.45, 2.75) is 39.2 Å².